The molecule has 12 heteroatoms. The molecule has 0 N–H and O–H groups in total. The van der Waals surface area contributed by atoms with Crippen LogP contribution >= 0.6 is 22.4 Å². The van der Waals surface area contributed by atoms with Crippen LogP contribution in [0.2, 0.25) is 0 Å². The molecule has 0 amide bonds. The molecule has 0 aliphatic rings. The molecule has 0 saturated heterocycles. The summed E-state index contributed by atoms with van der Waals surface area (Å²) in [5.41, 5.74) is -1.06. The Morgan fingerprint density at radius 2 is 1.12 bits per heavy atom. The van der Waals surface area contributed by atoms with Gasteiger partial charge in [-0.1, -0.05) is 89.0 Å². The van der Waals surface area contributed by atoms with Crippen molar-refractivity contribution in [3.8, 4) is 0 Å². The largest absolute Gasteiger partial charge is 0.800 e. The molecule has 0 aromatic carbocycles. The van der Waals surface area contributed by atoms with Crippen molar-refractivity contribution in [2.45, 2.75) is 185 Å². The molecule has 8 nitrogen and oxygen atoms in total. The number of nitrogens with zero attached hydrogens (tertiary/aromatic N) is 2. The molecule has 0 aliphatic carbocycles. The van der Waals surface area contributed by atoms with Crippen LogP contribution in [-0.2, 0) is 29.9 Å². The van der Waals surface area contributed by atoms with Crippen LogP contribution in [0.4, 0.5) is 0 Å². The highest BCUT2D eigenvalue weighted by molar-refractivity contribution is 8.09. The fourth-order valence-corrected chi connectivity index (χ4v) is 7.76. The van der Waals surface area contributed by atoms with Gasteiger partial charge in [0.1, 0.15) is 22.5 Å². The Kier molecular flexibility index (Phi) is 24.7. The molecule has 0 bridgehead atoms. The molecule has 3 atom stereocenters. The van der Waals surface area contributed by atoms with E-state index in [4.69, 9.17) is 32.0 Å². The molecule has 0 aromatic heterocycles. The van der Waals surface area contributed by atoms with E-state index in [1.165, 1.54) is 0 Å². The highest BCUT2D eigenvalue weighted by atomic mass is 32.5. The lowest BCUT2D eigenvalue weighted by atomic mass is 10.2. The van der Waals surface area contributed by atoms with Gasteiger partial charge in [-0.25, -0.2) is 6.57 Å². The Morgan fingerprint density at radius 3 is 1.28 bits per heavy atom. The summed E-state index contributed by atoms with van der Waals surface area (Å²) in [5.74, 6) is 0. The van der Waals surface area contributed by atoms with Gasteiger partial charge in [0.15, 0.2) is 0 Å². The second-order valence-corrected chi connectivity index (χ2v) is 24.6. The van der Waals surface area contributed by atoms with E-state index in [0.717, 1.165) is 0 Å². The maximum absolute atomic E-state index is 11.8. The first-order chi connectivity index (χ1) is 17.6. The molecule has 0 aliphatic heterocycles. The topological polar surface area (TPSA) is 98.5 Å². The van der Waals surface area contributed by atoms with Gasteiger partial charge in [0.05, 0.1) is 11.2 Å². The molecule has 0 fully saturated rings. The van der Waals surface area contributed by atoms with Gasteiger partial charge in [-0.3, -0.25) is 4.67 Å². The van der Waals surface area contributed by atoms with Crippen LogP contribution in [-0.4, -0.2) is 56.6 Å². The van der Waals surface area contributed by atoms with Crippen molar-refractivity contribution in [3.05, 3.63) is 11.4 Å². The predicted octanol–water partition coefficient (Wildman–Crippen LogP) is 9.85. The standard InChI is InChI=1S/C13H27N2OP.C8H19O3P.C8H19O2PS.2CH4/c1-11(2)15(12(3)4)17(13(5,6)7)16-10-9-14-8;1-7(2,3)11-12(9,10)8(4,5)6;1-7(2,3)10-11(9,12)8(4,5)6;;/h11-12H,9-10H2,1-7H3;1-6H3,(H,9,10);1-6H3,(H,9,12);2*1H4/p-2. The Labute approximate surface area is 275 Å². The summed E-state index contributed by atoms with van der Waals surface area (Å²) in [5, 5.41) is -1.15. The van der Waals surface area contributed by atoms with Crippen molar-refractivity contribution in [1.29, 1.82) is 0 Å². The molecule has 43 heavy (non-hydrogen) atoms. The lowest BCUT2D eigenvalue weighted by Gasteiger charge is -2.44. The van der Waals surface area contributed by atoms with Crippen LogP contribution in [0.25, 0.3) is 4.85 Å². The van der Waals surface area contributed by atoms with Gasteiger partial charge in [-0.05, 0) is 69.2 Å². The Hall–Kier alpha value is 0.560. The molecule has 0 radical (unpaired) electrons. The third kappa shape index (κ3) is 24.4. The van der Waals surface area contributed by atoms with Gasteiger partial charge in [0.2, 0.25) is 6.54 Å². The lowest BCUT2D eigenvalue weighted by molar-refractivity contribution is -0.212. The first-order valence-electron chi connectivity index (χ1n) is 14.2. The van der Waals surface area contributed by atoms with Gasteiger partial charge in [-0.2, -0.15) is 0 Å². The van der Waals surface area contributed by atoms with Gasteiger partial charge in [0.25, 0.3) is 0 Å². The molecule has 3 unspecified atom stereocenters. The van der Waals surface area contributed by atoms with Crippen molar-refractivity contribution in [3.63, 3.8) is 0 Å². The summed E-state index contributed by atoms with van der Waals surface area (Å²) in [6, 6.07) is 0.932. The highest BCUT2D eigenvalue weighted by Gasteiger charge is 2.35. The van der Waals surface area contributed by atoms with E-state index in [0.29, 0.717) is 25.2 Å². The second-order valence-electron chi connectivity index (χ2n) is 15.5. The summed E-state index contributed by atoms with van der Waals surface area (Å²) in [6.07, 6.45) is 0. The zero-order valence-corrected chi connectivity index (χ0v) is 33.2. The third-order valence-electron chi connectivity index (χ3n) is 4.69. The molecule has 264 valence electrons. The average Bonchev–Trinajstić information content (AvgIpc) is 2.61. The van der Waals surface area contributed by atoms with E-state index in [-0.39, 0.29) is 20.0 Å². The second kappa shape index (κ2) is 20.0. The Balaban J connectivity index is -0.000000168. The van der Waals surface area contributed by atoms with Crippen LogP contribution in [0.15, 0.2) is 0 Å². The molecular weight excluding hydrogens is 621 g/mol. The number of rotatable bonds is 8. The summed E-state index contributed by atoms with van der Waals surface area (Å²) < 4.78 is 30.3. The van der Waals surface area contributed by atoms with E-state index in [1.54, 1.807) is 41.5 Å². The smallest absolute Gasteiger partial charge is 0.238 e. The van der Waals surface area contributed by atoms with Crippen LogP contribution in [0.1, 0.15) is 146 Å². The predicted molar refractivity (Wildman–Crippen MR) is 193 cm³/mol. The molecule has 0 spiro atoms. The Morgan fingerprint density at radius 1 is 0.767 bits per heavy atom. The van der Waals surface area contributed by atoms with Crippen molar-refractivity contribution in [2.75, 3.05) is 13.2 Å². The quantitative estimate of drug-likeness (QED) is 0.141. The highest BCUT2D eigenvalue weighted by Crippen LogP contribution is 2.56. The lowest BCUT2D eigenvalue weighted by Crippen LogP contribution is -2.38. The Bertz CT molecular complexity index is 834. The average molecular weight is 693 g/mol. The number of hydrogen-bond acceptors (Lipinski definition) is 8. The minimum Gasteiger partial charge on any atom is -0.800 e. The van der Waals surface area contributed by atoms with Gasteiger partial charge in [-0.15, -0.1) is 0 Å². The zero-order valence-electron chi connectivity index (χ0n) is 29.7. The van der Waals surface area contributed by atoms with Crippen molar-refractivity contribution < 1.29 is 27.9 Å². The minimum absolute atomic E-state index is 0. The van der Waals surface area contributed by atoms with Crippen LogP contribution in [0.5, 0.6) is 0 Å². The summed E-state index contributed by atoms with van der Waals surface area (Å²) >= 11 is 4.96. The molecule has 0 aromatic rings. The normalized spacial score (nSPS) is 16.3. The molecule has 0 saturated carbocycles. The van der Waals surface area contributed by atoms with Crippen molar-refractivity contribution in [1.82, 2.24) is 4.67 Å². The first-order valence-corrected chi connectivity index (χ1v) is 19.6. The SMILES string of the molecule is C.C.CC(C)(C)OP(=O)([O-])C(C)(C)C.CC(C)(C)OP([O-])(=S)C(C)(C)C.[C-]#[N+]CCOP(N(C(C)C)C(C)C)C(C)(C)C. The van der Waals surface area contributed by atoms with E-state index in [1.807, 2.05) is 41.5 Å². The first kappa shape index (κ1) is 53.1. The summed E-state index contributed by atoms with van der Waals surface area (Å²) in [7, 11) is -4.41. The van der Waals surface area contributed by atoms with E-state index < -0.39 is 43.9 Å². The van der Waals surface area contributed by atoms with Crippen molar-refractivity contribution in [2.24, 2.45) is 0 Å². The molecule has 0 rings (SSSR count). The molecule has 0 heterocycles. The van der Waals surface area contributed by atoms with E-state index >= 15 is 0 Å². The fraction of sp³-hybridized carbons (Fsp3) is 0.968. The van der Waals surface area contributed by atoms with E-state index in [2.05, 4.69) is 58.0 Å². The zero-order chi connectivity index (χ0) is 34.1. The minimum atomic E-state index is -3.75. The summed E-state index contributed by atoms with van der Waals surface area (Å²) in [4.78, 5) is 26.7. The monoisotopic (exact) mass is 692 g/mol. The van der Waals surface area contributed by atoms with Crippen LogP contribution in [0, 0.1) is 6.57 Å². The van der Waals surface area contributed by atoms with E-state index in [9.17, 15) is 14.4 Å². The third-order valence-corrected chi connectivity index (χ3v) is 14.3. The van der Waals surface area contributed by atoms with Gasteiger partial charge < -0.3 is 32.8 Å². The summed E-state index contributed by atoms with van der Waals surface area (Å²) in [6.45, 7) is 41.6. The van der Waals surface area contributed by atoms with Crippen molar-refractivity contribution >= 4 is 34.2 Å². The number of hydrogen-bond donors (Lipinski definition) is 0. The van der Waals surface area contributed by atoms with Crippen LogP contribution < -0.4 is 9.79 Å². The van der Waals surface area contributed by atoms with Gasteiger partial charge >= 0.3 is 0 Å². The molecular formula is C31H71N2O6P3S-2. The van der Waals surface area contributed by atoms with Gasteiger partial charge in [0, 0.05) is 34.0 Å². The van der Waals surface area contributed by atoms with Crippen LogP contribution in [0.3, 0.4) is 0 Å². The maximum atomic E-state index is 11.8. The maximum Gasteiger partial charge on any atom is 0.238 e. The fourth-order valence-electron chi connectivity index (χ4n) is 2.79.